The number of hydrogen-bond donors (Lipinski definition) is 0. The third-order valence-electron chi connectivity index (χ3n) is 4.58. The van der Waals surface area contributed by atoms with E-state index >= 15 is 0 Å². The van der Waals surface area contributed by atoms with Crippen molar-refractivity contribution >= 4 is 17.8 Å². The van der Waals surface area contributed by atoms with E-state index in [1.807, 2.05) is 0 Å². The summed E-state index contributed by atoms with van der Waals surface area (Å²) < 4.78 is 5.24. The molecule has 0 unspecified atom stereocenters. The molecule has 0 bridgehead atoms. The molecule has 1 aromatic rings. The first kappa shape index (κ1) is 15.7. The molecular formula is C17H19NO5. The average molecular weight is 317 g/mol. The van der Waals surface area contributed by atoms with Gasteiger partial charge in [0, 0.05) is 12.5 Å². The van der Waals surface area contributed by atoms with Crippen molar-refractivity contribution in [1.29, 1.82) is 0 Å². The Hall–Kier alpha value is -2.21. The van der Waals surface area contributed by atoms with Gasteiger partial charge in [-0.2, -0.15) is 0 Å². The van der Waals surface area contributed by atoms with Gasteiger partial charge in [-0.25, -0.2) is 4.79 Å². The van der Waals surface area contributed by atoms with Gasteiger partial charge in [-0.15, -0.1) is 0 Å². The highest BCUT2D eigenvalue weighted by molar-refractivity contribution is 6.20. The van der Waals surface area contributed by atoms with Crippen molar-refractivity contribution in [2.24, 2.45) is 5.41 Å². The van der Waals surface area contributed by atoms with E-state index in [-0.39, 0.29) is 23.0 Å². The number of methoxy groups -OCH3 is 1. The largest absolute Gasteiger partial charge is 0.384 e. The van der Waals surface area contributed by atoms with Crippen molar-refractivity contribution in [3.8, 4) is 0 Å². The van der Waals surface area contributed by atoms with Crippen LogP contribution < -0.4 is 0 Å². The Kier molecular flexibility index (Phi) is 4.17. The summed E-state index contributed by atoms with van der Waals surface area (Å²) in [7, 11) is 1.61. The van der Waals surface area contributed by atoms with Crippen LogP contribution in [-0.4, -0.2) is 36.6 Å². The fourth-order valence-electron chi connectivity index (χ4n) is 3.49. The lowest BCUT2D eigenvalue weighted by Crippen LogP contribution is -2.35. The standard InChI is InChI=1S/C17H19NO5/c1-22-11-17(8-4-5-9-17)10-14(19)23-18-15(20)12-6-2-3-7-13(12)16(18)21/h2-3,6-7H,4-5,8-11H2,1H3. The van der Waals surface area contributed by atoms with E-state index in [1.54, 1.807) is 31.4 Å². The molecule has 1 fully saturated rings. The minimum Gasteiger partial charge on any atom is -0.384 e. The van der Waals surface area contributed by atoms with Gasteiger partial charge in [0.2, 0.25) is 0 Å². The third-order valence-corrected chi connectivity index (χ3v) is 4.58. The summed E-state index contributed by atoms with van der Waals surface area (Å²) in [6.07, 6.45) is 4.01. The first-order chi connectivity index (χ1) is 11.1. The van der Waals surface area contributed by atoms with Gasteiger partial charge in [0.15, 0.2) is 0 Å². The zero-order chi connectivity index (χ0) is 16.4. The Bertz CT molecular complexity index is 613. The molecule has 6 nitrogen and oxygen atoms in total. The first-order valence-electron chi connectivity index (χ1n) is 7.74. The fraction of sp³-hybridized carbons (Fsp3) is 0.471. The highest BCUT2D eigenvalue weighted by Crippen LogP contribution is 2.41. The number of fused-ring (bicyclic) bond motifs is 1. The molecule has 0 radical (unpaired) electrons. The highest BCUT2D eigenvalue weighted by atomic mass is 16.7. The number of nitrogens with zero attached hydrogens (tertiary/aromatic N) is 1. The molecule has 0 aromatic heterocycles. The number of amides is 2. The maximum Gasteiger partial charge on any atom is 0.333 e. The summed E-state index contributed by atoms with van der Waals surface area (Å²) in [4.78, 5) is 41.7. The second-order valence-corrected chi connectivity index (χ2v) is 6.23. The minimum atomic E-state index is -0.592. The predicted octanol–water partition coefficient (Wildman–Crippen LogP) is 2.34. The van der Waals surface area contributed by atoms with Crippen LogP contribution in [-0.2, 0) is 14.4 Å². The molecule has 2 aliphatic rings. The quantitative estimate of drug-likeness (QED) is 0.779. The van der Waals surface area contributed by atoms with E-state index in [4.69, 9.17) is 9.57 Å². The van der Waals surface area contributed by atoms with E-state index in [1.165, 1.54) is 0 Å². The lowest BCUT2D eigenvalue weighted by atomic mass is 9.84. The van der Waals surface area contributed by atoms with Gasteiger partial charge in [-0.1, -0.05) is 30.0 Å². The number of benzene rings is 1. The minimum absolute atomic E-state index is 0.147. The van der Waals surface area contributed by atoms with Crippen LogP contribution in [0.25, 0.3) is 0 Å². The molecule has 1 heterocycles. The summed E-state index contributed by atoms with van der Waals surface area (Å²) in [5.74, 6) is -1.75. The van der Waals surface area contributed by atoms with Crippen molar-refractivity contribution in [3.05, 3.63) is 35.4 Å². The van der Waals surface area contributed by atoms with Crippen LogP contribution in [0.5, 0.6) is 0 Å². The molecule has 0 N–H and O–H groups in total. The van der Waals surface area contributed by atoms with Gasteiger partial charge in [-0.3, -0.25) is 9.59 Å². The van der Waals surface area contributed by atoms with E-state index in [2.05, 4.69) is 0 Å². The number of carbonyl (C=O) groups is 3. The predicted molar refractivity (Wildman–Crippen MR) is 80.4 cm³/mol. The summed E-state index contributed by atoms with van der Waals surface area (Å²) in [5.41, 5.74) is 0.278. The lowest BCUT2D eigenvalue weighted by molar-refractivity contribution is -0.172. The van der Waals surface area contributed by atoms with Crippen molar-refractivity contribution < 1.29 is 24.0 Å². The Morgan fingerprint density at radius 3 is 2.22 bits per heavy atom. The number of hydrogen-bond acceptors (Lipinski definition) is 5. The molecule has 122 valence electrons. The number of ether oxygens (including phenoxy) is 1. The van der Waals surface area contributed by atoms with E-state index in [9.17, 15) is 14.4 Å². The lowest BCUT2D eigenvalue weighted by Gasteiger charge is -2.27. The molecule has 1 aliphatic carbocycles. The maximum absolute atomic E-state index is 12.3. The monoisotopic (exact) mass is 317 g/mol. The highest BCUT2D eigenvalue weighted by Gasteiger charge is 2.41. The second-order valence-electron chi connectivity index (χ2n) is 6.23. The van der Waals surface area contributed by atoms with Crippen LogP contribution in [0.4, 0.5) is 0 Å². The molecule has 2 amide bonds. The van der Waals surface area contributed by atoms with Crippen molar-refractivity contribution in [2.75, 3.05) is 13.7 Å². The van der Waals surface area contributed by atoms with Gasteiger partial charge < -0.3 is 9.57 Å². The summed E-state index contributed by atoms with van der Waals surface area (Å²) in [5, 5.41) is 0.572. The van der Waals surface area contributed by atoms with Gasteiger partial charge in [0.05, 0.1) is 24.2 Å². The first-order valence-corrected chi connectivity index (χ1v) is 7.74. The number of rotatable bonds is 5. The average Bonchev–Trinajstić information content (AvgIpc) is 3.07. The van der Waals surface area contributed by atoms with Gasteiger partial charge in [-0.05, 0) is 25.0 Å². The zero-order valence-electron chi connectivity index (χ0n) is 13.0. The van der Waals surface area contributed by atoms with Crippen LogP contribution in [0.1, 0.15) is 52.8 Å². The van der Waals surface area contributed by atoms with E-state index in [0.29, 0.717) is 11.7 Å². The van der Waals surface area contributed by atoms with Crippen LogP contribution in [0.2, 0.25) is 0 Å². The van der Waals surface area contributed by atoms with Crippen LogP contribution in [0.15, 0.2) is 24.3 Å². The Labute approximate surface area is 134 Å². The second kappa shape index (κ2) is 6.12. The van der Waals surface area contributed by atoms with Gasteiger partial charge in [0.1, 0.15) is 0 Å². The molecule has 23 heavy (non-hydrogen) atoms. The molecule has 0 atom stereocenters. The third kappa shape index (κ3) is 2.86. The SMILES string of the molecule is COCC1(CC(=O)ON2C(=O)c3ccccc3C2=O)CCCC1. The molecule has 1 aliphatic heterocycles. The fourth-order valence-corrected chi connectivity index (χ4v) is 3.49. The van der Waals surface area contributed by atoms with Crippen molar-refractivity contribution in [2.45, 2.75) is 32.1 Å². The molecule has 6 heteroatoms. The Morgan fingerprint density at radius 1 is 1.13 bits per heavy atom. The zero-order valence-corrected chi connectivity index (χ0v) is 13.0. The number of carbonyl (C=O) groups excluding carboxylic acids is 3. The van der Waals surface area contributed by atoms with Crippen LogP contribution in [0.3, 0.4) is 0 Å². The normalized spacial score (nSPS) is 19.1. The molecule has 1 aromatic carbocycles. The Morgan fingerprint density at radius 2 is 1.70 bits per heavy atom. The van der Waals surface area contributed by atoms with E-state index in [0.717, 1.165) is 25.7 Å². The molecule has 3 rings (SSSR count). The van der Waals surface area contributed by atoms with Crippen LogP contribution >= 0.6 is 0 Å². The van der Waals surface area contributed by atoms with Gasteiger partial charge in [0.25, 0.3) is 11.8 Å². The van der Waals surface area contributed by atoms with Gasteiger partial charge >= 0.3 is 5.97 Å². The topological polar surface area (TPSA) is 72.9 Å². The molecule has 1 saturated carbocycles. The van der Waals surface area contributed by atoms with Crippen molar-refractivity contribution in [3.63, 3.8) is 0 Å². The molecular weight excluding hydrogens is 298 g/mol. The van der Waals surface area contributed by atoms with Crippen LogP contribution in [0, 0.1) is 5.41 Å². The van der Waals surface area contributed by atoms with E-state index < -0.39 is 17.8 Å². The van der Waals surface area contributed by atoms with Crippen molar-refractivity contribution in [1.82, 2.24) is 5.06 Å². The number of hydroxylamine groups is 2. The smallest absolute Gasteiger partial charge is 0.333 e. The maximum atomic E-state index is 12.3. The Balaban J connectivity index is 1.69. The molecule has 0 spiro atoms. The summed E-state index contributed by atoms with van der Waals surface area (Å²) in [6, 6.07) is 6.43. The number of imide groups is 1. The summed E-state index contributed by atoms with van der Waals surface area (Å²) in [6.45, 7) is 0.476. The molecule has 0 saturated heterocycles. The summed E-state index contributed by atoms with van der Waals surface area (Å²) >= 11 is 0.